The lowest BCUT2D eigenvalue weighted by atomic mass is 10.1. The lowest BCUT2D eigenvalue weighted by Crippen LogP contribution is -1.98. The Hall–Kier alpha value is -2.73. The summed E-state index contributed by atoms with van der Waals surface area (Å²) < 4.78 is 0. The van der Waals surface area contributed by atoms with Crippen molar-refractivity contribution in [1.29, 1.82) is 0 Å². The lowest BCUT2D eigenvalue weighted by Gasteiger charge is -2.06. The Bertz CT molecular complexity index is 867. The summed E-state index contributed by atoms with van der Waals surface area (Å²) in [5.74, 6) is 0.677. The molecule has 3 aromatic rings. The molecule has 3 rings (SSSR count). The van der Waals surface area contributed by atoms with E-state index in [1.54, 1.807) is 0 Å². The number of aromatic nitrogens is 2. The molecule has 0 aliphatic carbocycles. The smallest absolute Gasteiger partial charge is 0.270 e. The van der Waals surface area contributed by atoms with E-state index in [1.165, 1.54) is 18.2 Å². The van der Waals surface area contributed by atoms with Crippen LogP contribution in [-0.2, 0) is 0 Å². The van der Waals surface area contributed by atoms with E-state index in [0.29, 0.717) is 22.7 Å². The Balaban J connectivity index is 2.19. The minimum atomic E-state index is -0.509. The first-order valence-electron chi connectivity index (χ1n) is 6.03. The van der Waals surface area contributed by atoms with Crippen molar-refractivity contribution in [2.75, 3.05) is 5.73 Å². The summed E-state index contributed by atoms with van der Waals surface area (Å²) in [6, 6.07) is 11.5. The summed E-state index contributed by atoms with van der Waals surface area (Å²) in [7, 11) is 0. The molecule has 0 bridgehead atoms. The van der Waals surface area contributed by atoms with Gasteiger partial charge in [-0.2, -0.15) is 0 Å². The molecule has 0 saturated carbocycles. The van der Waals surface area contributed by atoms with Crippen molar-refractivity contribution < 1.29 is 4.92 Å². The number of nitrogens with zero attached hydrogens (tertiary/aromatic N) is 3. The molecule has 0 spiro atoms. The van der Waals surface area contributed by atoms with E-state index in [9.17, 15) is 10.1 Å². The molecule has 0 amide bonds. The van der Waals surface area contributed by atoms with Crippen molar-refractivity contribution >= 4 is 34.0 Å². The fraction of sp³-hybridized carbons (Fsp3) is 0. The van der Waals surface area contributed by atoms with Gasteiger partial charge in [0.2, 0.25) is 0 Å². The maximum atomic E-state index is 10.7. The Morgan fingerprint density at radius 1 is 1.14 bits per heavy atom. The molecule has 0 aliphatic rings. The quantitative estimate of drug-likeness (QED) is 0.578. The number of halogens is 1. The van der Waals surface area contributed by atoms with Gasteiger partial charge in [-0.3, -0.25) is 10.1 Å². The van der Waals surface area contributed by atoms with Crippen molar-refractivity contribution in [2.24, 2.45) is 0 Å². The minimum absolute atomic E-state index is 0.0856. The third-order valence-corrected chi connectivity index (χ3v) is 3.35. The third-order valence-electron chi connectivity index (χ3n) is 3.04. The van der Waals surface area contributed by atoms with Gasteiger partial charge in [-0.25, -0.2) is 9.97 Å². The highest BCUT2D eigenvalue weighted by Gasteiger charge is 2.14. The molecule has 0 radical (unpaired) electrons. The standard InChI is InChI=1S/C14H9ClN4O2/c15-11-7-8(19(20)21)5-6-9(11)14-17-12-4-2-1-3-10(12)13(16)18-14/h1-7H,(H2,16,17,18). The number of para-hydroxylation sites is 1. The number of benzene rings is 2. The minimum Gasteiger partial charge on any atom is -0.383 e. The Labute approximate surface area is 124 Å². The van der Waals surface area contributed by atoms with Crippen molar-refractivity contribution in [2.45, 2.75) is 0 Å². The van der Waals surface area contributed by atoms with Crippen LogP contribution in [0.15, 0.2) is 42.5 Å². The summed E-state index contributed by atoms with van der Waals surface area (Å²) in [6.07, 6.45) is 0. The van der Waals surface area contributed by atoms with Crippen molar-refractivity contribution in [3.63, 3.8) is 0 Å². The Kier molecular flexibility index (Phi) is 3.15. The third kappa shape index (κ3) is 2.36. The Morgan fingerprint density at radius 2 is 1.90 bits per heavy atom. The van der Waals surface area contributed by atoms with E-state index in [-0.39, 0.29) is 10.7 Å². The van der Waals surface area contributed by atoms with Crippen LogP contribution in [0.3, 0.4) is 0 Å². The number of nitrogens with two attached hydrogens (primary N) is 1. The molecule has 0 fully saturated rings. The van der Waals surface area contributed by atoms with Crippen LogP contribution in [0.2, 0.25) is 5.02 Å². The zero-order valence-electron chi connectivity index (χ0n) is 10.7. The van der Waals surface area contributed by atoms with Crippen molar-refractivity contribution in [1.82, 2.24) is 9.97 Å². The molecule has 104 valence electrons. The number of nitro benzene ring substituents is 1. The molecule has 0 saturated heterocycles. The number of hydrogen-bond acceptors (Lipinski definition) is 5. The lowest BCUT2D eigenvalue weighted by molar-refractivity contribution is -0.384. The second-order valence-electron chi connectivity index (χ2n) is 4.37. The van der Waals surface area contributed by atoms with Gasteiger partial charge >= 0.3 is 0 Å². The van der Waals surface area contributed by atoms with Gasteiger partial charge in [-0.1, -0.05) is 23.7 Å². The zero-order chi connectivity index (χ0) is 15.0. The molecule has 21 heavy (non-hydrogen) atoms. The monoisotopic (exact) mass is 300 g/mol. The maximum Gasteiger partial charge on any atom is 0.270 e. The number of anilines is 1. The van der Waals surface area contributed by atoms with E-state index in [0.717, 1.165) is 5.39 Å². The van der Waals surface area contributed by atoms with Crippen LogP contribution in [0.25, 0.3) is 22.3 Å². The Morgan fingerprint density at radius 3 is 2.62 bits per heavy atom. The summed E-state index contributed by atoms with van der Waals surface area (Å²) in [4.78, 5) is 18.8. The molecule has 6 nitrogen and oxygen atoms in total. The second-order valence-corrected chi connectivity index (χ2v) is 4.78. The van der Waals surface area contributed by atoms with Gasteiger partial charge in [0.25, 0.3) is 5.69 Å². The van der Waals surface area contributed by atoms with Crippen LogP contribution < -0.4 is 5.73 Å². The molecular formula is C14H9ClN4O2. The van der Waals surface area contributed by atoms with Crippen LogP contribution in [0.4, 0.5) is 11.5 Å². The first-order chi connectivity index (χ1) is 10.1. The number of nitrogen functional groups attached to an aromatic ring is 1. The highest BCUT2D eigenvalue weighted by atomic mass is 35.5. The van der Waals surface area contributed by atoms with Gasteiger partial charge < -0.3 is 5.73 Å². The summed E-state index contributed by atoms with van der Waals surface area (Å²) >= 11 is 6.09. The van der Waals surface area contributed by atoms with E-state index >= 15 is 0 Å². The fourth-order valence-electron chi connectivity index (χ4n) is 2.02. The predicted molar refractivity (Wildman–Crippen MR) is 81.1 cm³/mol. The molecule has 2 N–H and O–H groups in total. The van der Waals surface area contributed by atoms with Crippen LogP contribution in [0.1, 0.15) is 0 Å². The van der Waals surface area contributed by atoms with Crippen LogP contribution >= 0.6 is 11.6 Å². The van der Waals surface area contributed by atoms with E-state index in [1.807, 2.05) is 24.3 Å². The van der Waals surface area contributed by atoms with Gasteiger partial charge in [-0.15, -0.1) is 0 Å². The largest absolute Gasteiger partial charge is 0.383 e. The van der Waals surface area contributed by atoms with Gasteiger partial charge in [0.1, 0.15) is 5.82 Å². The molecule has 1 heterocycles. The fourth-order valence-corrected chi connectivity index (χ4v) is 2.28. The molecule has 7 heteroatoms. The molecule has 0 unspecified atom stereocenters. The highest BCUT2D eigenvalue weighted by Crippen LogP contribution is 2.31. The number of non-ortho nitro benzene ring substituents is 1. The number of rotatable bonds is 2. The van der Waals surface area contributed by atoms with Crippen LogP contribution in [-0.4, -0.2) is 14.9 Å². The topological polar surface area (TPSA) is 94.9 Å². The normalized spacial score (nSPS) is 10.7. The van der Waals surface area contributed by atoms with E-state index in [2.05, 4.69) is 9.97 Å². The average Bonchev–Trinajstić information content (AvgIpc) is 2.47. The zero-order valence-corrected chi connectivity index (χ0v) is 11.4. The molecule has 1 aromatic heterocycles. The molecule has 0 aliphatic heterocycles. The number of nitro groups is 1. The second kappa shape index (κ2) is 4.99. The summed E-state index contributed by atoms with van der Waals surface area (Å²) in [6.45, 7) is 0. The van der Waals surface area contributed by atoms with Gasteiger partial charge in [0.15, 0.2) is 5.82 Å². The van der Waals surface area contributed by atoms with Crippen LogP contribution in [0, 0.1) is 10.1 Å². The number of hydrogen-bond donors (Lipinski definition) is 1. The first kappa shape index (κ1) is 13.3. The number of fused-ring (bicyclic) bond motifs is 1. The van der Waals surface area contributed by atoms with E-state index < -0.39 is 4.92 Å². The SMILES string of the molecule is Nc1nc(-c2ccc([N+](=O)[O-])cc2Cl)nc2ccccc12. The van der Waals surface area contributed by atoms with Gasteiger partial charge in [0.05, 0.1) is 15.5 Å². The summed E-state index contributed by atoms with van der Waals surface area (Å²) in [5.41, 5.74) is 7.02. The average molecular weight is 301 g/mol. The van der Waals surface area contributed by atoms with Gasteiger partial charge in [-0.05, 0) is 18.2 Å². The van der Waals surface area contributed by atoms with Crippen molar-refractivity contribution in [3.05, 3.63) is 57.6 Å². The molecule has 2 aromatic carbocycles. The molecular weight excluding hydrogens is 292 g/mol. The first-order valence-corrected chi connectivity index (χ1v) is 6.40. The van der Waals surface area contributed by atoms with Crippen LogP contribution in [0.5, 0.6) is 0 Å². The summed E-state index contributed by atoms with van der Waals surface area (Å²) in [5, 5.41) is 11.7. The molecule has 0 atom stereocenters. The van der Waals surface area contributed by atoms with Gasteiger partial charge in [0, 0.05) is 23.1 Å². The predicted octanol–water partition coefficient (Wildman–Crippen LogP) is 3.44. The van der Waals surface area contributed by atoms with E-state index in [4.69, 9.17) is 17.3 Å². The van der Waals surface area contributed by atoms with Crippen molar-refractivity contribution in [3.8, 4) is 11.4 Å². The highest BCUT2D eigenvalue weighted by molar-refractivity contribution is 6.33. The maximum absolute atomic E-state index is 10.7.